The van der Waals surface area contributed by atoms with E-state index in [2.05, 4.69) is 4.98 Å². The molecule has 4 aromatic rings. The van der Waals surface area contributed by atoms with Gasteiger partial charge in [0.1, 0.15) is 11.5 Å². The van der Waals surface area contributed by atoms with Gasteiger partial charge in [-0.05, 0) is 36.8 Å². The molecular weight excluding hydrogens is 366 g/mol. The first kappa shape index (κ1) is 18.3. The van der Waals surface area contributed by atoms with Gasteiger partial charge in [-0.2, -0.15) is 0 Å². The minimum atomic E-state index is -0.495. The van der Waals surface area contributed by atoms with Crippen molar-refractivity contribution < 1.29 is 4.92 Å². The topological polar surface area (TPSA) is 78.0 Å². The summed E-state index contributed by atoms with van der Waals surface area (Å²) in [6, 6.07) is 21.0. The van der Waals surface area contributed by atoms with Gasteiger partial charge in [0.2, 0.25) is 0 Å². The number of aryl methyl sites for hydroxylation is 1. The Morgan fingerprint density at radius 1 is 0.966 bits per heavy atom. The van der Waals surface area contributed by atoms with E-state index in [4.69, 9.17) is 0 Å². The summed E-state index contributed by atoms with van der Waals surface area (Å²) in [5.41, 5.74) is 2.27. The van der Waals surface area contributed by atoms with E-state index < -0.39 is 4.92 Å². The number of fused-ring (bicyclic) bond motifs is 1. The van der Waals surface area contributed by atoms with Gasteiger partial charge in [-0.25, -0.2) is 4.98 Å². The van der Waals surface area contributed by atoms with Gasteiger partial charge in [0, 0.05) is 6.07 Å². The van der Waals surface area contributed by atoms with Crippen LogP contribution in [-0.2, 0) is 0 Å². The van der Waals surface area contributed by atoms with E-state index in [0.717, 1.165) is 11.1 Å². The van der Waals surface area contributed by atoms with Crippen molar-refractivity contribution in [3.8, 4) is 5.69 Å². The second-order valence-electron chi connectivity index (χ2n) is 6.62. The van der Waals surface area contributed by atoms with Crippen LogP contribution in [0.2, 0.25) is 0 Å². The first-order chi connectivity index (χ1) is 14.0. The average Bonchev–Trinajstić information content (AvgIpc) is 2.72. The predicted molar refractivity (Wildman–Crippen MR) is 114 cm³/mol. The maximum Gasteiger partial charge on any atom is 0.293 e. The Morgan fingerprint density at radius 3 is 2.52 bits per heavy atom. The maximum absolute atomic E-state index is 13.3. The van der Waals surface area contributed by atoms with Gasteiger partial charge in [-0.15, -0.1) is 0 Å². The highest BCUT2D eigenvalue weighted by Gasteiger charge is 2.19. The lowest BCUT2D eigenvalue weighted by Crippen LogP contribution is -2.23. The van der Waals surface area contributed by atoms with E-state index in [1.165, 1.54) is 10.6 Å². The molecule has 0 N–H and O–H groups in total. The molecule has 29 heavy (non-hydrogen) atoms. The van der Waals surface area contributed by atoms with Crippen molar-refractivity contribution in [2.24, 2.45) is 0 Å². The van der Waals surface area contributed by atoms with Crippen LogP contribution < -0.4 is 5.56 Å². The molecule has 6 nitrogen and oxygen atoms in total. The molecule has 0 saturated carbocycles. The molecule has 0 aliphatic carbocycles. The number of nitrogens with zero attached hydrogens (tertiary/aromatic N) is 3. The van der Waals surface area contributed by atoms with Crippen LogP contribution in [0.1, 0.15) is 17.0 Å². The smallest absolute Gasteiger partial charge is 0.268 e. The number of aromatic nitrogens is 2. The number of rotatable bonds is 4. The number of nitro benzene ring substituents is 1. The monoisotopic (exact) mass is 383 g/mol. The molecular formula is C23H17N3O3. The zero-order chi connectivity index (χ0) is 20.4. The molecule has 3 aromatic carbocycles. The Morgan fingerprint density at radius 2 is 1.72 bits per heavy atom. The summed E-state index contributed by atoms with van der Waals surface area (Å²) in [5, 5.41) is 12.0. The van der Waals surface area contributed by atoms with Crippen LogP contribution in [0.4, 0.5) is 5.69 Å². The third kappa shape index (κ3) is 3.55. The Kier molecular flexibility index (Phi) is 4.75. The van der Waals surface area contributed by atoms with Crippen LogP contribution in [0.5, 0.6) is 0 Å². The summed E-state index contributed by atoms with van der Waals surface area (Å²) in [6.07, 6.45) is 3.55. The number of nitro groups is 1. The zero-order valence-electron chi connectivity index (χ0n) is 15.6. The van der Waals surface area contributed by atoms with Crippen LogP contribution in [0.15, 0.2) is 77.6 Å². The molecule has 1 aromatic heterocycles. The summed E-state index contributed by atoms with van der Waals surface area (Å²) >= 11 is 0. The Labute approximate surface area is 166 Å². The molecule has 0 saturated heterocycles. The van der Waals surface area contributed by atoms with Gasteiger partial charge in [-0.1, -0.05) is 60.2 Å². The van der Waals surface area contributed by atoms with E-state index in [-0.39, 0.29) is 16.9 Å². The van der Waals surface area contributed by atoms with E-state index in [9.17, 15) is 14.9 Å². The van der Waals surface area contributed by atoms with Crippen LogP contribution in [0.25, 0.3) is 28.7 Å². The van der Waals surface area contributed by atoms with Gasteiger partial charge >= 0.3 is 0 Å². The molecule has 142 valence electrons. The molecule has 0 amide bonds. The van der Waals surface area contributed by atoms with Crippen LogP contribution in [0, 0.1) is 17.0 Å². The van der Waals surface area contributed by atoms with E-state index in [1.54, 1.807) is 48.5 Å². The number of hydrogen-bond donors (Lipinski definition) is 0. The fourth-order valence-corrected chi connectivity index (χ4v) is 3.25. The van der Waals surface area contributed by atoms with Crippen LogP contribution in [-0.4, -0.2) is 14.5 Å². The highest BCUT2D eigenvalue weighted by atomic mass is 16.6. The summed E-state index contributed by atoms with van der Waals surface area (Å²) in [6.45, 7) is 1.99. The van der Waals surface area contributed by atoms with Crippen molar-refractivity contribution in [3.63, 3.8) is 0 Å². The number of para-hydroxylation sites is 3. The van der Waals surface area contributed by atoms with Crippen LogP contribution >= 0.6 is 0 Å². The second kappa shape index (κ2) is 7.52. The summed E-state index contributed by atoms with van der Waals surface area (Å²) in [4.78, 5) is 28.9. The van der Waals surface area contributed by atoms with Crippen molar-refractivity contribution in [3.05, 3.63) is 110 Å². The predicted octanol–water partition coefficient (Wildman–Crippen LogP) is 4.77. The molecule has 0 fully saturated rings. The fraction of sp³-hybridized carbons (Fsp3) is 0.0435. The van der Waals surface area contributed by atoms with Crippen molar-refractivity contribution >= 4 is 28.7 Å². The minimum Gasteiger partial charge on any atom is -0.268 e. The van der Waals surface area contributed by atoms with Gasteiger partial charge in [0.15, 0.2) is 0 Å². The lowest BCUT2D eigenvalue weighted by molar-refractivity contribution is -0.384. The molecule has 0 atom stereocenters. The molecule has 1 heterocycles. The Balaban J connectivity index is 2.00. The molecule has 0 bridgehead atoms. The van der Waals surface area contributed by atoms with Crippen molar-refractivity contribution in [2.75, 3.05) is 0 Å². The molecule has 6 heteroatoms. The first-order valence-electron chi connectivity index (χ1n) is 9.05. The van der Waals surface area contributed by atoms with E-state index in [1.807, 2.05) is 37.3 Å². The molecule has 0 aliphatic rings. The average molecular weight is 383 g/mol. The highest BCUT2D eigenvalue weighted by Crippen LogP contribution is 2.24. The van der Waals surface area contributed by atoms with Crippen molar-refractivity contribution in [1.82, 2.24) is 9.55 Å². The SMILES string of the molecule is Cc1cccc(C=Cc2nc3ccccc3c(=O)n2-c2ccccc2[N+](=O)[O-])c1. The largest absolute Gasteiger partial charge is 0.293 e. The first-order valence-corrected chi connectivity index (χ1v) is 9.05. The van der Waals surface area contributed by atoms with Crippen molar-refractivity contribution in [2.45, 2.75) is 6.92 Å². The van der Waals surface area contributed by atoms with Gasteiger partial charge in [0.05, 0.1) is 15.8 Å². The highest BCUT2D eigenvalue weighted by molar-refractivity contribution is 5.80. The molecule has 4 rings (SSSR count). The van der Waals surface area contributed by atoms with Gasteiger partial charge < -0.3 is 0 Å². The molecule has 0 radical (unpaired) electrons. The Hall–Kier alpha value is -4.06. The molecule has 0 unspecified atom stereocenters. The van der Waals surface area contributed by atoms with Crippen molar-refractivity contribution in [1.29, 1.82) is 0 Å². The molecule has 0 aliphatic heterocycles. The quantitative estimate of drug-likeness (QED) is 0.375. The lowest BCUT2D eigenvalue weighted by atomic mass is 10.1. The summed E-state index contributed by atoms with van der Waals surface area (Å²) < 4.78 is 1.30. The zero-order valence-corrected chi connectivity index (χ0v) is 15.6. The van der Waals surface area contributed by atoms with E-state index >= 15 is 0 Å². The van der Waals surface area contributed by atoms with E-state index in [0.29, 0.717) is 16.7 Å². The normalized spacial score (nSPS) is 11.2. The maximum atomic E-state index is 13.3. The minimum absolute atomic E-state index is 0.156. The lowest BCUT2D eigenvalue weighted by Gasteiger charge is -2.11. The van der Waals surface area contributed by atoms with Gasteiger partial charge in [0.25, 0.3) is 11.2 Å². The van der Waals surface area contributed by atoms with Crippen LogP contribution in [0.3, 0.4) is 0 Å². The fourth-order valence-electron chi connectivity index (χ4n) is 3.25. The second-order valence-corrected chi connectivity index (χ2v) is 6.62. The standard InChI is InChI=1S/C23H17N3O3/c1-16-7-6-8-17(15-16)13-14-22-24-19-10-3-2-9-18(19)23(27)25(22)20-11-4-5-12-21(20)26(28)29/h2-15H,1H3. The molecule has 0 spiro atoms. The van der Waals surface area contributed by atoms with Gasteiger partial charge in [-0.3, -0.25) is 19.5 Å². The summed E-state index contributed by atoms with van der Waals surface area (Å²) in [5.74, 6) is 0.324. The third-order valence-electron chi connectivity index (χ3n) is 4.59. The number of benzene rings is 3. The number of hydrogen-bond acceptors (Lipinski definition) is 4. The summed E-state index contributed by atoms with van der Waals surface area (Å²) in [7, 11) is 0. The Bertz CT molecular complexity index is 1320. The third-order valence-corrected chi connectivity index (χ3v) is 4.59.